The number of amidine groups is 1. The molecule has 13 heteroatoms. The average molecular weight is 572 g/mol. The highest BCUT2D eigenvalue weighted by Crippen LogP contribution is 2.39. The van der Waals surface area contributed by atoms with Crippen LogP contribution in [0.15, 0.2) is 53.6 Å². The van der Waals surface area contributed by atoms with E-state index in [1.54, 1.807) is 36.4 Å². The van der Waals surface area contributed by atoms with Gasteiger partial charge in [-0.25, -0.2) is 5.53 Å². The highest BCUT2D eigenvalue weighted by atomic mass is 32.2. The van der Waals surface area contributed by atoms with Gasteiger partial charge in [-0.3, -0.25) is 9.59 Å². The monoisotopic (exact) mass is 571 g/mol. The minimum atomic E-state index is -0.207. The van der Waals surface area contributed by atoms with Crippen molar-refractivity contribution >= 4 is 45.4 Å². The first-order valence-corrected chi connectivity index (χ1v) is 14.3. The summed E-state index contributed by atoms with van der Waals surface area (Å²) < 4.78 is 1.96. The number of rotatable bonds is 7. The molecule has 2 amide bonds. The van der Waals surface area contributed by atoms with Crippen molar-refractivity contribution in [3.8, 4) is 12.1 Å². The Morgan fingerprint density at radius 2 is 1.65 bits per heavy atom. The largest absolute Gasteiger partial charge is 0.302 e. The van der Waals surface area contributed by atoms with Crippen molar-refractivity contribution in [2.45, 2.75) is 50.5 Å². The number of nitriles is 2. The zero-order valence-corrected chi connectivity index (χ0v) is 23.0. The Balaban J connectivity index is 1.10. The van der Waals surface area contributed by atoms with E-state index in [0.717, 1.165) is 41.8 Å². The maximum Gasteiger partial charge on any atom is 0.230 e. The van der Waals surface area contributed by atoms with Gasteiger partial charge < -0.3 is 10.6 Å². The molecule has 1 fully saturated rings. The maximum absolute atomic E-state index is 12.5. The number of carbonyl (C=O) groups excluding carboxylic acids is 2. The molecule has 1 aliphatic heterocycles. The summed E-state index contributed by atoms with van der Waals surface area (Å²) in [6.45, 7) is 0. The number of benzene rings is 2. The smallest absolute Gasteiger partial charge is 0.230 e. The van der Waals surface area contributed by atoms with Gasteiger partial charge in [0.2, 0.25) is 22.1 Å². The van der Waals surface area contributed by atoms with E-state index in [4.69, 9.17) is 10.5 Å². The molecule has 3 N–H and O–H groups in total. The molecular formula is C27H25N9O2S2. The van der Waals surface area contributed by atoms with Crippen LogP contribution in [-0.4, -0.2) is 37.6 Å². The molecule has 0 saturated heterocycles. The van der Waals surface area contributed by atoms with Crippen molar-refractivity contribution in [3.63, 3.8) is 0 Å². The Morgan fingerprint density at radius 1 is 0.975 bits per heavy atom. The van der Waals surface area contributed by atoms with Crippen LogP contribution in [0.5, 0.6) is 0 Å². The first kappa shape index (κ1) is 27.3. The standard InChI is InChI=1S/C27H25N9O2S2/c28-15-19-6-1-4-17(10-19)12-23(37)30-26-33-32-25(39-26)21-8-3-9-22(14-21)36-35-34-27(40-36)31-24(38)13-18-5-2-7-20(11-18)16-29/h1-2,4-7,10-11,21-22,35H,3,8-9,12-14H2,(H,30,33,37)(H,31,34,38)/t21?,22-/m0/s1. The summed E-state index contributed by atoms with van der Waals surface area (Å²) in [7, 11) is 0. The molecule has 1 aromatic heterocycles. The van der Waals surface area contributed by atoms with E-state index in [2.05, 4.69) is 43.6 Å². The molecule has 5 rings (SSSR count). The van der Waals surface area contributed by atoms with Gasteiger partial charge in [0.05, 0.1) is 36.1 Å². The highest BCUT2D eigenvalue weighted by molar-refractivity contribution is 8.12. The number of aromatic nitrogens is 2. The predicted molar refractivity (Wildman–Crippen MR) is 151 cm³/mol. The van der Waals surface area contributed by atoms with Crippen LogP contribution < -0.4 is 16.2 Å². The lowest BCUT2D eigenvalue weighted by Crippen LogP contribution is -2.38. The number of hydrazine groups is 1. The molecule has 2 aliphatic rings. The summed E-state index contributed by atoms with van der Waals surface area (Å²) in [6, 6.07) is 18.3. The maximum atomic E-state index is 12.5. The highest BCUT2D eigenvalue weighted by Gasteiger charge is 2.33. The Hall–Kier alpha value is -4.30. The fraction of sp³-hybridized carbons (Fsp3) is 0.296. The summed E-state index contributed by atoms with van der Waals surface area (Å²) in [5.74, 6) is -0.211. The molecule has 1 saturated carbocycles. The van der Waals surface area contributed by atoms with Crippen LogP contribution in [0.4, 0.5) is 5.13 Å². The number of anilines is 1. The number of nitrogens with zero attached hydrogens (tertiary/aromatic N) is 6. The topological polar surface area (TPSA) is 159 Å². The van der Waals surface area contributed by atoms with E-state index in [1.807, 2.05) is 16.5 Å². The molecule has 0 radical (unpaired) electrons. The van der Waals surface area contributed by atoms with Gasteiger partial charge in [0, 0.05) is 23.9 Å². The van der Waals surface area contributed by atoms with Crippen LogP contribution in [-0.2, 0) is 22.4 Å². The molecule has 40 heavy (non-hydrogen) atoms. The first-order valence-electron chi connectivity index (χ1n) is 12.7. The van der Waals surface area contributed by atoms with Crippen LogP contribution in [0.1, 0.15) is 58.9 Å². The first-order chi connectivity index (χ1) is 19.5. The van der Waals surface area contributed by atoms with Crippen molar-refractivity contribution in [3.05, 3.63) is 75.8 Å². The fourth-order valence-electron chi connectivity index (χ4n) is 4.69. The van der Waals surface area contributed by atoms with Gasteiger partial charge in [-0.2, -0.15) is 10.5 Å². The van der Waals surface area contributed by atoms with E-state index in [0.29, 0.717) is 21.4 Å². The molecule has 0 spiro atoms. The van der Waals surface area contributed by atoms with Gasteiger partial charge in [0.1, 0.15) is 5.01 Å². The number of hydrogen-bond donors (Lipinski definition) is 3. The van der Waals surface area contributed by atoms with Crippen LogP contribution in [0, 0.1) is 22.7 Å². The quantitative estimate of drug-likeness (QED) is 0.360. The van der Waals surface area contributed by atoms with Crippen molar-refractivity contribution in [1.82, 2.24) is 25.5 Å². The molecule has 1 aliphatic carbocycles. The van der Waals surface area contributed by atoms with Gasteiger partial charge in [-0.1, -0.05) is 42.0 Å². The van der Waals surface area contributed by atoms with Gasteiger partial charge in [-0.05, 0) is 54.7 Å². The lowest BCUT2D eigenvalue weighted by molar-refractivity contribution is -0.119. The molecule has 2 atom stereocenters. The molecular weight excluding hydrogens is 546 g/mol. The number of carbonyl (C=O) groups is 2. The Kier molecular flexibility index (Phi) is 8.66. The van der Waals surface area contributed by atoms with Crippen molar-refractivity contribution in [2.24, 2.45) is 5.10 Å². The molecule has 11 nitrogen and oxygen atoms in total. The summed E-state index contributed by atoms with van der Waals surface area (Å²) in [5.41, 5.74) is 5.58. The van der Waals surface area contributed by atoms with E-state index >= 15 is 0 Å². The third-order valence-electron chi connectivity index (χ3n) is 6.54. The lowest BCUT2D eigenvalue weighted by atomic mass is 9.86. The molecule has 2 aromatic carbocycles. The van der Waals surface area contributed by atoms with Crippen LogP contribution in [0.2, 0.25) is 0 Å². The number of hydrogen-bond acceptors (Lipinski definition) is 11. The third-order valence-corrected chi connectivity index (χ3v) is 8.48. The number of hydrazone groups is 1. The Bertz CT molecular complexity index is 1520. The average Bonchev–Trinajstić information content (AvgIpc) is 3.63. The fourth-order valence-corrected chi connectivity index (χ4v) is 6.44. The van der Waals surface area contributed by atoms with Crippen molar-refractivity contribution in [2.75, 3.05) is 5.32 Å². The Morgan fingerprint density at radius 3 is 2.33 bits per heavy atom. The zero-order chi connectivity index (χ0) is 27.9. The van der Waals surface area contributed by atoms with E-state index in [1.165, 1.54) is 23.3 Å². The SMILES string of the molecule is N#Cc1cccc(CC(=O)NC2=NNN([C@H]3CCCC(c4nnc(NC(=O)Cc5cccc(C#N)c5)s4)C3)S2)c1. The summed E-state index contributed by atoms with van der Waals surface area (Å²) >= 11 is 2.74. The second kappa shape index (κ2) is 12.7. The molecule has 3 aromatic rings. The minimum absolute atomic E-state index is 0.152. The summed E-state index contributed by atoms with van der Waals surface area (Å²) in [6.07, 6.45) is 4.09. The van der Waals surface area contributed by atoms with E-state index in [9.17, 15) is 9.59 Å². The molecule has 1 unspecified atom stereocenters. The number of amides is 2. The predicted octanol–water partition coefficient (Wildman–Crippen LogP) is 3.59. The zero-order valence-electron chi connectivity index (χ0n) is 21.3. The molecule has 2 heterocycles. The second-order valence-corrected chi connectivity index (χ2v) is 11.4. The van der Waals surface area contributed by atoms with Gasteiger partial charge >= 0.3 is 0 Å². The van der Waals surface area contributed by atoms with Crippen LogP contribution in [0.25, 0.3) is 0 Å². The molecule has 0 bridgehead atoms. The summed E-state index contributed by atoms with van der Waals surface area (Å²) in [5, 5.41) is 38.4. The number of nitrogens with one attached hydrogen (secondary N) is 3. The van der Waals surface area contributed by atoms with Crippen molar-refractivity contribution < 1.29 is 9.59 Å². The van der Waals surface area contributed by atoms with E-state index in [-0.39, 0.29) is 36.6 Å². The molecule has 202 valence electrons. The van der Waals surface area contributed by atoms with Gasteiger partial charge in [0.15, 0.2) is 0 Å². The van der Waals surface area contributed by atoms with Crippen LogP contribution >= 0.6 is 23.3 Å². The lowest BCUT2D eigenvalue weighted by Gasteiger charge is -2.32. The van der Waals surface area contributed by atoms with E-state index < -0.39 is 0 Å². The van der Waals surface area contributed by atoms with Gasteiger partial charge in [0.25, 0.3) is 0 Å². The summed E-state index contributed by atoms with van der Waals surface area (Å²) in [4.78, 5) is 25.0. The normalized spacial score (nSPS) is 18.6. The third kappa shape index (κ3) is 7.01. The Labute approximate surface area is 239 Å². The minimum Gasteiger partial charge on any atom is -0.302 e. The van der Waals surface area contributed by atoms with Crippen LogP contribution in [0.3, 0.4) is 0 Å². The van der Waals surface area contributed by atoms with Crippen molar-refractivity contribution in [1.29, 1.82) is 10.5 Å². The second-order valence-electron chi connectivity index (χ2n) is 9.47. The van der Waals surface area contributed by atoms with Gasteiger partial charge in [-0.15, -0.1) is 19.7 Å².